The average Bonchev–Trinajstić information content (AvgIpc) is 3.12. The van der Waals surface area contributed by atoms with Crippen LogP contribution in [-0.2, 0) is 20.1 Å². The van der Waals surface area contributed by atoms with Crippen LogP contribution in [0.2, 0.25) is 0 Å². The third kappa shape index (κ3) is 2.88. The highest BCUT2D eigenvalue weighted by Gasteiger charge is 2.27. The molecule has 26 heavy (non-hydrogen) atoms. The molecule has 1 aromatic carbocycles. The van der Waals surface area contributed by atoms with Crippen LogP contribution in [0.3, 0.4) is 0 Å². The molecule has 0 aliphatic carbocycles. The number of fused-ring (bicyclic) bond motifs is 1. The first-order valence-electron chi connectivity index (χ1n) is 9.41. The van der Waals surface area contributed by atoms with Gasteiger partial charge in [-0.2, -0.15) is 5.10 Å². The second-order valence-corrected chi connectivity index (χ2v) is 7.23. The number of rotatable bonds is 4. The quantitative estimate of drug-likeness (QED) is 0.723. The van der Waals surface area contributed by atoms with Gasteiger partial charge in [0, 0.05) is 31.4 Å². The monoisotopic (exact) mass is 354 g/mol. The number of hydrogen-bond acceptors (Lipinski definition) is 4. The molecule has 0 amide bonds. The molecule has 3 heterocycles. The van der Waals surface area contributed by atoms with Crippen molar-refractivity contribution in [2.75, 3.05) is 13.1 Å². The number of nitrogens with zero attached hydrogens (tertiary/aromatic N) is 4. The predicted molar refractivity (Wildman–Crippen MR) is 101 cm³/mol. The maximum atomic E-state index is 12.2. The summed E-state index contributed by atoms with van der Waals surface area (Å²) in [4.78, 5) is 14.6. The van der Waals surface area contributed by atoms with E-state index >= 15 is 0 Å². The van der Waals surface area contributed by atoms with Gasteiger partial charge in [-0.3, -0.25) is 9.47 Å². The molecule has 0 bridgehead atoms. The van der Waals surface area contributed by atoms with Crippen LogP contribution in [0.25, 0.3) is 11.0 Å². The fourth-order valence-corrected chi connectivity index (χ4v) is 4.11. The number of aromatic nitrogens is 3. The van der Waals surface area contributed by atoms with E-state index in [4.69, 9.17) is 4.42 Å². The van der Waals surface area contributed by atoms with Crippen LogP contribution in [0.1, 0.15) is 42.8 Å². The minimum Gasteiger partial charge on any atom is -0.459 e. The number of para-hydroxylation sites is 1. The summed E-state index contributed by atoms with van der Waals surface area (Å²) in [7, 11) is 1.73. The number of benzene rings is 1. The molecule has 3 aromatic rings. The van der Waals surface area contributed by atoms with Crippen molar-refractivity contribution in [3.63, 3.8) is 0 Å². The lowest BCUT2D eigenvalue weighted by molar-refractivity contribution is 0.182. The molecule has 6 nitrogen and oxygen atoms in total. The van der Waals surface area contributed by atoms with Gasteiger partial charge in [-0.1, -0.05) is 18.2 Å². The molecule has 1 aliphatic rings. The topological polar surface area (TPSA) is 56.2 Å². The number of aryl methyl sites for hydroxylation is 2. The predicted octanol–water partition coefficient (Wildman–Crippen LogP) is 3.04. The summed E-state index contributed by atoms with van der Waals surface area (Å²) in [5, 5.41) is 5.71. The first-order valence-corrected chi connectivity index (χ1v) is 9.41. The second-order valence-electron chi connectivity index (χ2n) is 7.23. The molecule has 1 atom stereocenters. The van der Waals surface area contributed by atoms with Crippen LogP contribution in [-0.4, -0.2) is 32.3 Å². The second kappa shape index (κ2) is 6.76. The Kier molecular flexibility index (Phi) is 4.44. The Morgan fingerprint density at radius 1 is 1.31 bits per heavy atom. The molecule has 0 N–H and O–H groups in total. The molecule has 138 valence electrons. The summed E-state index contributed by atoms with van der Waals surface area (Å²) in [6.07, 6.45) is 2.19. The van der Waals surface area contributed by atoms with E-state index in [0.29, 0.717) is 12.5 Å². The Morgan fingerprint density at radius 3 is 2.88 bits per heavy atom. The zero-order chi connectivity index (χ0) is 18.3. The Labute approximate surface area is 153 Å². The fraction of sp³-hybridized carbons (Fsp3) is 0.500. The smallest absolute Gasteiger partial charge is 0.345 e. The zero-order valence-electron chi connectivity index (χ0n) is 15.7. The highest BCUT2D eigenvalue weighted by atomic mass is 16.3. The Hall–Kier alpha value is -2.34. The summed E-state index contributed by atoms with van der Waals surface area (Å²) >= 11 is 0. The Balaban J connectivity index is 1.56. The van der Waals surface area contributed by atoms with Gasteiger partial charge in [-0.15, -0.1) is 0 Å². The molecule has 0 spiro atoms. The van der Waals surface area contributed by atoms with Crippen LogP contribution in [0, 0.1) is 6.92 Å². The summed E-state index contributed by atoms with van der Waals surface area (Å²) in [5.41, 5.74) is 2.16. The van der Waals surface area contributed by atoms with Crippen molar-refractivity contribution >= 4 is 11.0 Å². The molecule has 6 heteroatoms. The van der Waals surface area contributed by atoms with Gasteiger partial charge in [-0.05, 0) is 44.9 Å². The zero-order valence-corrected chi connectivity index (χ0v) is 15.7. The van der Waals surface area contributed by atoms with E-state index in [1.807, 2.05) is 19.1 Å². The van der Waals surface area contributed by atoms with Gasteiger partial charge in [0.25, 0.3) is 0 Å². The van der Waals surface area contributed by atoms with Crippen LogP contribution >= 0.6 is 0 Å². The minimum atomic E-state index is -0.0206. The van der Waals surface area contributed by atoms with Crippen molar-refractivity contribution < 1.29 is 4.42 Å². The lowest BCUT2D eigenvalue weighted by Crippen LogP contribution is -2.35. The molecule has 0 unspecified atom stereocenters. The molecule has 1 fully saturated rings. The number of likely N-dealkylation sites (tertiary alicyclic amines) is 1. The number of furan rings is 1. The summed E-state index contributed by atoms with van der Waals surface area (Å²) in [6, 6.07) is 8.21. The van der Waals surface area contributed by atoms with E-state index in [1.165, 1.54) is 15.6 Å². The van der Waals surface area contributed by atoms with E-state index in [1.54, 1.807) is 11.6 Å². The Morgan fingerprint density at radius 2 is 2.12 bits per heavy atom. The van der Waals surface area contributed by atoms with Crippen molar-refractivity contribution in [3.8, 4) is 0 Å². The van der Waals surface area contributed by atoms with Crippen molar-refractivity contribution in [1.29, 1.82) is 0 Å². The third-order valence-electron chi connectivity index (χ3n) is 5.53. The highest BCUT2D eigenvalue weighted by Crippen LogP contribution is 2.29. The standard InChI is InChI=1S/C20H26N4O2/c1-4-24-19(21-22(3)20(24)25)15-8-7-11-23(12-15)13-18-14(2)16-9-5-6-10-17(16)26-18/h5-6,9-10,15H,4,7-8,11-13H2,1-3H3/t15-/m1/s1. The maximum Gasteiger partial charge on any atom is 0.345 e. The normalized spacial score (nSPS) is 18.7. The number of hydrogen-bond donors (Lipinski definition) is 0. The van der Waals surface area contributed by atoms with Gasteiger partial charge in [0.2, 0.25) is 0 Å². The summed E-state index contributed by atoms with van der Waals surface area (Å²) < 4.78 is 9.36. The lowest BCUT2D eigenvalue weighted by atomic mass is 9.97. The summed E-state index contributed by atoms with van der Waals surface area (Å²) in [6.45, 7) is 7.57. The molecule has 4 rings (SSSR count). The van der Waals surface area contributed by atoms with Crippen molar-refractivity contribution in [3.05, 3.63) is 51.9 Å². The highest BCUT2D eigenvalue weighted by molar-refractivity contribution is 5.81. The molecular weight excluding hydrogens is 328 g/mol. The lowest BCUT2D eigenvalue weighted by Gasteiger charge is -2.31. The fourth-order valence-electron chi connectivity index (χ4n) is 4.11. The SMILES string of the molecule is CCn1c([C@@H]2CCCN(Cc3oc4ccccc4c3C)C2)nn(C)c1=O. The molecule has 1 saturated heterocycles. The van der Waals surface area contributed by atoms with Crippen molar-refractivity contribution in [2.24, 2.45) is 7.05 Å². The van der Waals surface area contributed by atoms with Crippen LogP contribution in [0.15, 0.2) is 33.5 Å². The largest absolute Gasteiger partial charge is 0.459 e. The third-order valence-corrected chi connectivity index (χ3v) is 5.53. The van der Waals surface area contributed by atoms with Crippen molar-refractivity contribution in [1.82, 2.24) is 19.2 Å². The van der Waals surface area contributed by atoms with E-state index in [0.717, 1.165) is 49.6 Å². The molecule has 1 aliphatic heterocycles. The molecule has 2 aromatic heterocycles. The van der Waals surface area contributed by atoms with E-state index in [9.17, 15) is 4.79 Å². The van der Waals surface area contributed by atoms with Gasteiger partial charge in [0.05, 0.1) is 6.54 Å². The van der Waals surface area contributed by atoms with E-state index in [-0.39, 0.29) is 5.69 Å². The van der Waals surface area contributed by atoms with Gasteiger partial charge in [0.15, 0.2) is 0 Å². The van der Waals surface area contributed by atoms with Crippen LogP contribution < -0.4 is 5.69 Å². The maximum absolute atomic E-state index is 12.2. The van der Waals surface area contributed by atoms with Gasteiger partial charge in [-0.25, -0.2) is 9.48 Å². The van der Waals surface area contributed by atoms with Gasteiger partial charge in [0.1, 0.15) is 17.2 Å². The number of piperidine rings is 1. The van der Waals surface area contributed by atoms with Gasteiger partial charge < -0.3 is 4.42 Å². The van der Waals surface area contributed by atoms with Crippen LogP contribution in [0.5, 0.6) is 0 Å². The molecule has 0 saturated carbocycles. The van der Waals surface area contributed by atoms with E-state index < -0.39 is 0 Å². The van der Waals surface area contributed by atoms with Crippen molar-refractivity contribution in [2.45, 2.75) is 45.7 Å². The molecular formula is C20H26N4O2. The average molecular weight is 354 g/mol. The summed E-state index contributed by atoms with van der Waals surface area (Å²) in [5.74, 6) is 2.26. The first-order chi connectivity index (χ1) is 12.6. The van der Waals surface area contributed by atoms with E-state index in [2.05, 4.69) is 29.1 Å². The van der Waals surface area contributed by atoms with Crippen LogP contribution in [0.4, 0.5) is 0 Å². The molecule has 0 radical (unpaired) electrons. The minimum absolute atomic E-state index is 0.0206. The van der Waals surface area contributed by atoms with Gasteiger partial charge >= 0.3 is 5.69 Å². The first kappa shape index (κ1) is 17.1. The Bertz CT molecular complexity index is 982.